The van der Waals surface area contributed by atoms with Gasteiger partial charge in [-0.15, -0.1) is 0 Å². The maximum Gasteiger partial charge on any atom is 0.0551 e. The molecule has 0 aliphatic rings. The lowest BCUT2D eigenvalue weighted by Gasteiger charge is -2.23. The Bertz CT molecular complexity index is 560. The summed E-state index contributed by atoms with van der Waals surface area (Å²) in [6.45, 7) is 2.66. The fraction of sp³-hybridized carbons (Fsp3) is 0.250. The molecule has 0 amide bonds. The molecule has 0 spiro atoms. The highest BCUT2D eigenvalue weighted by Gasteiger charge is 2.14. The SMILES string of the molecule is CC(NC(CN)c1ccc(Br)c(Cl)c1)c1ccccc1. The Morgan fingerprint density at radius 2 is 1.85 bits per heavy atom. The van der Waals surface area contributed by atoms with Crippen molar-refractivity contribution in [1.82, 2.24) is 5.32 Å². The molecule has 2 nitrogen and oxygen atoms in total. The average molecular weight is 354 g/mol. The average Bonchev–Trinajstić information content (AvgIpc) is 2.48. The first-order valence-electron chi connectivity index (χ1n) is 6.58. The minimum Gasteiger partial charge on any atom is -0.329 e. The molecule has 0 aliphatic carbocycles. The highest BCUT2D eigenvalue weighted by atomic mass is 79.9. The highest BCUT2D eigenvalue weighted by molar-refractivity contribution is 9.10. The van der Waals surface area contributed by atoms with Gasteiger partial charge in [-0.25, -0.2) is 0 Å². The lowest BCUT2D eigenvalue weighted by atomic mass is 10.0. The van der Waals surface area contributed by atoms with Crippen molar-refractivity contribution in [3.05, 3.63) is 69.2 Å². The van der Waals surface area contributed by atoms with Crippen molar-refractivity contribution in [3.63, 3.8) is 0 Å². The maximum atomic E-state index is 6.15. The summed E-state index contributed by atoms with van der Waals surface area (Å²) in [5.41, 5.74) is 8.25. The van der Waals surface area contributed by atoms with Crippen molar-refractivity contribution in [1.29, 1.82) is 0 Å². The molecule has 2 unspecified atom stereocenters. The molecule has 106 valence electrons. The fourth-order valence-corrected chi connectivity index (χ4v) is 2.60. The van der Waals surface area contributed by atoms with Crippen LogP contribution in [-0.2, 0) is 0 Å². The van der Waals surface area contributed by atoms with Gasteiger partial charge in [0.1, 0.15) is 0 Å². The molecule has 0 heterocycles. The van der Waals surface area contributed by atoms with E-state index in [0.29, 0.717) is 11.6 Å². The third-order valence-corrected chi connectivity index (χ3v) is 4.56. The van der Waals surface area contributed by atoms with Crippen LogP contribution in [0.4, 0.5) is 0 Å². The molecular formula is C16H18BrClN2. The first-order chi connectivity index (χ1) is 9.61. The summed E-state index contributed by atoms with van der Waals surface area (Å²) < 4.78 is 0.898. The monoisotopic (exact) mass is 352 g/mol. The summed E-state index contributed by atoms with van der Waals surface area (Å²) in [6.07, 6.45) is 0. The van der Waals surface area contributed by atoms with Gasteiger partial charge in [-0.3, -0.25) is 0 Å². The third kappa shape index (κ3) is 3.83. The van der Waals surface area contributed by atoms with E-state index in [0.717, 1.165) is 10.0 Å². The van der Waals surface area contributed by atoms with E-state index in [4.69, 9.17) is 17.3 Å². The molecule has 0 aliphatic heterocycles. The van der Waals surface area contributed by atoms with Gasteiger partial charge in [-0.2, -0.15) is 0 Å². The lowest BCUT2D eigenvalue weighted by molar-refractivity contribution is 0.473. The van der Waals surface area contributed by atoms with Crippen LogP contribution in [0.5, 0.6) is 0 Å². The number of hydrogen-bond donors (Lipinski definition) is 2. The van der Waals surface area contributed by atoms with E-state index in [-0.39, 0.29) is 12.1 Å². The predicted octanol–water partition coefficient (Wildman–Crippen LogP) is 4.45. The maximum absolute atomic E-state index is 6.15. The summed E-state index contributed by atoms with van der Waals surface area (Å²) >= 11 is 9.56. The molecule has 0 bridgehead atoms. The van der Waals surface area contributed by atoms with Gasteiger partial charge >= 0.3 is 0 Å². The van der Waals surface area contributed by atoms with Crippen LogP contribution in [0.25, 0.3) is 0 Å². The summed E-state index contributed by atoms with van der Waals surface area (Å²) in [6, 6.07) is 16.6. The van der Waals surface area contributed by atoms with Crippen molar-refractivity contribution in [3.8, 4) is 0 Å². The van der Waals surface area contributed by atoms with Crippen LogP contribution >= 0.6 is 27.5 Å². The van der Waals surface area contributed by atoms with Gasteiger partial charge in [-0.05, 0) is 46.1 Å². The van der Waals surface area contributed by atoms with E-state index >= 15 is 0 Å². The molecule has 0 saturated heterocycles. The second-order valence-electron chi connectivity index (χ2n) is 4.76. The first kappa shape index (κ1) is 15.5. The van der Waals surface area contributed by atoms with Crippen LogP contribution in [0.1, 0.15) is 30.1 Å². The number of nitrogens with two attached hydrogens (primary N) is 1. The third-order valence-electron chi connectivity index (χ3n) is 3.33. The second-order valence-corrected chi connectivity index (χ2v) is 6.02. The molecule has 3 N–H and O–H groups in total. The van der Waals surface area contributed by atoms with Gasteiger partial charge in [0.2, 0.25) is 0 Å². The van der Waals surface area contributed by atoms with Gasteiger partial charge in [0.15, 0.2) is 0 Å². The summed E-state index contributed by atoms with van der Waals surface area (Å²) in [5, 5.41) is 4.25. The van der Waals surface area contributed by atoms with E-state index < -0.39 is 0 Å². The topological polar surface area (TPSA) is 38.0 Å². The van der Waals surface area contributed by atoms with E-state index in [1.54, 1.807) is 0 Å². The minimum atomic E-state index is 0.0795. The second kappa shape index (κ2) is 7.23. The molecule has 0 saturated carbocycles. The number of nitrogens with one attached hydrogen (secondary N) is 1. The summed E-state index contributed by atoms with van der Waals surface area (Å²) in [4.78, 5) is 0. The van der Waals surface area contributed by atoms with Gasteiger partial charge in [0.05, 0.1) is 5.02 Å². The van der Waals surface area contributed by atoms with Gasteiger partial charge in [-0.1, -0.05) is 48.0 Å². The van der Waals surface area contributed by atoms with Crippen LogP contribution < -0.4 is 11.1 Å². The number of benzene rings is 2. The molecule has 4 heteroatoms. The molecule has 2 aromatic rings. The zero-order chi connectivity index (χ0) is 14.5. The number of halogens is 2. The molecule has 0 radical (unpaired) electrons. The number of hydrogen-bond acceptors (Lipinski definition) is 2. The smallest absolute Gasteiger partial charge is 0.0551 e. The van der Waals surface area contributed by atoms with Gasteiger partial charge < -0.3 is 11.1 Å². The molecule has 2 atom stereocenters. The molecule has 20 heavy (non-hydrogen) atoms. The largest absolute Gasteiger partial charge is 0.329 e. The Kier molecular flexibility index (Phi) is 5.61. The predicted molar refractivity (Wildman–Crippen MR) is 88.9 cm³/mol. The van der Waals surface area contributed by atoms with Crippen molar-refractivity contribution in [2.75, 3.05) is 6.54 Å². The normalized spacial score (nSPS) is 14.0. The zero-order valence-electron chi connectivity index (χ0n) is 11.3. The van der Waals surface area contributed by atoms with Crippen LogP contribution in [0.3, 0.4) is 0 Å². The Morgan fingerprint density at radius 3 is 2.45 bits per heavy atom. The molecule has 0 fully saturated rings. The van der Waals surface area contributed by atoms with Crippen molar-refractivity contribution in [2.24, 2.45) is 5.73 Å². The molecule has 2 aromatic carbocycles. The summed E-state index contributed by atoms with van der Waals surface area (Å²) in [5.74, 6) is 0. The highest BCUT2D eigenvalue weighted by Crippen LogP contribution is 2.27. The van der Waals surface area contributed by atoms with Crippen molar-refractivity contribution < 1.29 is 0 Å². The number of rotatable bonds is 5. The minimum absolute atomic E-state index is 0.0795. The Hall–Kier alpha value is -0.870. The van der Waals surface area contributed by atoms with Crippen LogP contribution in [-0.4, -0.2) is 6.54 Å². The lowest BCUT2D eigenvalue weighted by Crippen LogP contribution is -2.30. The first-order valence-corrected chi connectivity index (χ1v) is 7.75. The Balaban J connectivity index is 2.14. The Labute approximate surface area is 133 Å². The Morgan fingerprint density at radius 1 is 1.15 bits per heavy atom. The fourth-order valence-electron chi connectivity index (χ4n) is 2.17. The zero-order valence-corrected chi connectivity index (χ0v) is 13.7. The van der Waals surface area contributed by atoms with Gasteiger partial charge in [0, 0.05) is 23.1 Å². The van der Waals surface area contributed by atoms with Gasteiger partial charge in [0.25, 0.3) is 0 Å². The van der Waals surface area contributed by atoms with Crippen LogP contribution in [0.15, 0.2) is 53.0 Å². The standard InChI is InChI=1S/C16H18BrClN2/c1-11(12-5-3-2-4-6-12)20-16(10-19)13-7-8-14(17)15(18)9-13/h2-9,11,16,20H,10,19H2,1H3. The van der Waals surface area contributed by atoms with E-state index in [1.165, 1.54) is 5.56 Å². The summed E-state index contributed by atoms with van der Waals surface area (Å²) in [7, 11) is 0. The van der Waals surface area contributed by atoms with E-state index in [1.807, 2.05) is 36.4 Å². The van der Waals surface area contributed by atoms with Crippen molar-refractivity contribution in [2.45, 2.75) is 19.0 Å². The molecule has 0 aromatic heterocycles. The van der Waals surface area contributed by atoms with Crippen LogP contribution in [0, 0.1) is 0 Å². The quantitative estimate of drug-likeness (QED) is 0.833. The van der Waals surface area contributed by atoms with E-state index in [9.17, 15) is 0 Å². The van der Waals surface area contributed by atoms with Crippen molar-refractivity contribution >= 4 is 27.5 Å². The molecular weight excluding hydrogens is 336 g/mol. The van der Waals surface area contributed by atoms with Crippen LogP contribution in [0.2, 0.25) is 5.02 Å². The van der Waals surface area contributed by atoms with E-state index in [2.05, 4.69) is 40.3 Å². The molecule has 2 rings (SSSR count).